The molecule has 0 saturated carbocycles. The van der Waals surface area contributed by atoms with Crippen LogP contribution in [0.5, 0.6) is 0 Å². The highest BCUT2D eigenvalue weighted by atomic mass is 32.2. The van der Waals surface area contributed by atoms with Crippen LogP contribution in [0.2, 0.25) is 0 Å². The number of aromatic carboxylic acids is 1. The molecule has 0 bridgehead atoms. The van der Waals surface area contributed by atoms with Crippen LogP contribution < -0.4 is 4.72 Å². The molecule has 0 radical (unpaired) electrons. The van der Waals surface area contributed by atoms with E-state index < -0.39 is 55.4 Å². The highest BCUT2D eigenvalue weighted by molar-refractivity contribution is 7.92. The normalized spacial score (nSPS) is 11.3. The Morgan fingerprint density at radius 1 is 0.957 bits per heavy atom. The number of carboxylic acids is 1. The average molecular weight is 349 g/mol. The number of hydrogen-bond donors (Lipinski definition) is 2. The van der Waals surface area contributed by atoms with Crippen LogP contribution in [0.25, 0.3) is 0 Å². The van der Waals surface area contributed by atoms with Crippen molar-refractivity contribution < 1.29 is 35.9 Å². The van der Waals surface area contributed by atoms with Gasteiger partial charge >= 0.3 is 5.97 Å². The van der Waals surface area contributed by atoms with Gasteiger partial charge in [-0.2, -0.15) is 0 Å². The fourth-order valence-electron chi connectivity index (χ4n) is 1.74. The van der Waals surface area contributed by atoms with Gasteiger partial charge in [0.05, 0.1) is 5.69 Å². The number of carbonyl (C=O) groups is 1. The largest absolute Gasteiger partial charge is 0.478 e. The van der Waals surface area contributed by atoms with Gasteiger partial charge in [0.15, 0.2) is 17.5 Å². The lowest BCUT2D eigenvalue weighted by atomic mass is 10.2. The molecule has 0 unspecified atom stereocenters. The first-order chi connectivity index (χ1) is 10.6. The zero-order valence-corrected chi connectivity index (χ0v) is 11.8. The minimum absolute atomic E-state index is 0.386. The molecule has 0 atom stereocenters. The van der Waals surface area contributed by atoms with E-state index in [1.165, 1.54) is 0 Å². The van der Waals surface area contributed by atoms with E-state index in [2.05, 4.69) is 0 Å². The lowest BCUT2D eigenvalue weighted by Gasteiger charge is -2.12. The maximum atomic E-state index is 13.6. The van der Waals surface area contributed by atoms with E-state index in [-0.39, 0.29) is 0 Å². The zero-order valence-electron chi connectivity index (χ0n) is 11.0. The Morgan fingerprint density at radius 3 is 2.22 bits per heavy atom. The summed E-state index contributed by atoms with van der Waals surface area (Å²) in [7, 11) is -4.82. The van der Waals surface area contributed by atoms with E-state index in [1.807, 2.05) is 0 Å². The molecule has 2 rings (SSSR count). The summed E-state index contributed by atoms with van der Waals surface area (Å²) in [6, 6.07) is 3.55. The van der Waals surface area contributed by atoms with E-state index in [9.17, 15) is 30.8 Å². The molecule has 0 aliphatic carbocycles. The van der Waals surface area contributed by atoms with Crippen LogP contribution in [0.4, 0.5) is 23.2 Å². The number of carboxylic acid groups (broad SMARTS) is 1. The van der Waals surface area contributed by atoms with Gasteiger partial charge in [0.2, 0.25) is 0 Å². The summed E-state index contributed by atoms with van der Waals surface area (Å²) in [5, 5.41) is 8.89. The monoisotopic (exact) mass is 349 g/mol. The maximum Gasteiger partial charge on any atom is 0.340 e. The molecule has 10 heteroatoms. The number of sulfonamides is 1. The van der Waals surface area contributed by atoms with Crippen molar-refractivity contribution in [1.82, 2.24) is 0 Å². The quantitative estimate of drug-likeness (QED) is 0.657. The molecule has 122 valence electrons. The van der Waals surface area contributed by atoms with Crippen molar-refractivity contribution in [1.29, 1.82) is 0 Å². The van der Waals surface area contributed by atoms with Crippen molar-refractivity contribution in [3.8, 4) is 0 Å². The smallest absolute Gasteiger partial charge is 0.340 e. The molecule has 0 spiro atoms. The Kier molecular flexibility index (Phi) is 4.28. The van der Waals surface area contributed by atoms with Crippen LogP contribution in [0.15, 0.2) is 35.2 Å². The van der Waals surface area contributed by atoms with E-state index in [0.717, 1.165) is 18.2 Å². The van der Waals surface area contributed by atoms with Gasteiger partial charge in [-0.25, -0.2) is 30.8 Å². The fourth-order valence-corrected chi connectivity index (χ4v) is 2.88. The van der Waals surface area contributed by atoms with Gasteiger partial charge in [0.25, 0.3) is 10.0 Å². The van der Waals surface area contributed by atoms with Gasteiger partial charge in [-0.3, -0.25) is 4.72 Å². The Balaban J connectivity index is 2.55. The van der Waals surface area contributed by atoms with Crippen molar-refractivity contribution in [2.75, 3.05) is 4.72 Å². The van der Waals surface area contributed by atoms with Crippen LogP contribution in [0.1, 0.15) is 10.4 Å². The summed E-state index contributed by atoms with van der Waals surface area (Å²) in [5.41, 5.74) is -1.69. The predicted octanol–water partition coefficient (Wildman–Crippen LogP) is 2.74. The highest BCUT2D eigenvalue weighted by Gasteiger charge is 2.26. The summed E-state index contributed by atoms with van der Waals surface area (Å²) in [5.74, 6) is -8.59. The topological polar surface area (TPSA) is 83.5 Å². The Morgan fingerprint density at radius 2 is 1.61 bits per heavy atom. The average Bonchev–Trinajstić information content (AvgIpc) is 2.43. The molecule has 2 aromatic carbocycles. The molecule has 5 nitrogen and oxygen atoms in total. The number of halogens is 4. The first-order valence-electron chi connectivity index (χ1n) is 5.83. The fraction of sp³-hybridized carbons (Fsp3) is 0. The van der Waals surface area contributed by atoms with Crippen LogP contribution in [-0.4, -0.2) is 19.5 Å². The molecular weight excluding hydrogens is 342 g/mol. The molecule has 0 aliphatic rings. The van der Waals surface area contributed by atoms with Gasteiger partial charge in [0.1, 0.15) is 16.3 Å². The predicted molar refractivity (Wildman–Crippen MR) is 70.5 cm³/mol. The minimum atomic E-state index is -4.82. The van der Waals surface area contributed by atoms with Gasteiger partial charge in [-0.05, 0) is 24.3 Å². The lowest BCUT2D eigenvalue weighted by Crippen LogP contribution is -2.18. The van der Waals surface area contributed by atoms with Crippen molar-refractivity contribution in [2.45, 2.75) is 4.90 Å². The van der Waals surface area contributed by atoms with Crippen LogP contribution >= 0.6 is 0 Å². The zero-order chi connectivity index (χ0) is 17.4. The molecule has 0 aromatic heterocycles. The molecule has 2 N–H and O–H groups in total. The molecule has 0 amide bonds. The third-order valence-corrected chi connectivity index (χ3v) is 4.14. The lowest BCUT2D eigenvalue weighted by molar-refractivity contribution is 0.0693. The van der Waals surface area contributed by atoms with Gasteiger partial charge in [-0.15, -0.1) is 0 Å². The highest BCUT2D eigenvalue weighted by Crippen LogP contribution is 2.25. The van der Waals surface area contributed by atoms with Gasteiger partial charge in [-0.1, -0.05) is 6.07 Å². The summed E-state index contributed by atoms with van der Waals surface area (Å²) in [4.78, 5) is 9.72. The Labute approximate surface area is 127 Å². The number of hydrogen-bond acceptors (Lipinski definition) is 3. The van der Waals surface area contributed by atoms with Gasteiger partial charge in [0, 0.05) is 0 Å². The van der Waals surface area contributed by atoms with E-state index >= 15 is 0 Å². The Bertz CT molecular complexity index is 899. The first kappa shape index (κ1) is 16.7. The summed E-state index contributed by atoms with van der Waals surface area (Å²) in [6.07, 6.45) is 0. The number of nitrogens with one attached hydrogen (secondary N) is 1. The second-order valence-corrected chi connectivity index (χ2v) is 5.90. The second-order valence-electron chi connectivity index (χ2n) is 4.25. The molecule has 23 heavy (non-hydrogen) atoms. The van der Waals surface area contributed by atoms with Crippen LogP contribution in [-0.2, 0) is 10.0 Å². The van der Waals surface area contributed by atoms with E-state index in [4.69, 9.17) is 5.11 Å². The molecule has 0 aliphatic heterocycles. The Hall–Kier alpha value is -2.62. The van der Waals surface area contributed by atoms with E-state index in [0.29, 0.717) is 12.1 Å². The molecule has 0 saturated heterocycles. The summed E-state index contributed by atoms with van der Waals surface area (Å²) in [6.45, 7) is 0. The van der Waals surface area contributed by atoms with Crippen molar-refractivity contribution in [2.24, 2.45) is 0 Å². The van der Waals surface area contributed by atoms with Crippen molar-refractivity contribution >= 4 is 21.7 Å². The van der Waals surface area contributed by atoms with Gasteiger partial charge < -0.3 is 5.11 Å². The third-order valence-electron chi connectivity index (χ3n) is 2.76. The standard InChI is InChI=1S/C13H7F4NO4S/c14-6-2-1-3-8(10(6)13(19)20)18-23(21,22)9-5-4-7(15)11(16)12(9)17/h1-5,18H,(H,19,20). The summed E-state index contributed by atoms with van der Waals surface area (Å²) < 4.78 is 78.7. The summed E-state index contributed by atoms with van der Waals surface area (Å²) >= 11 is 0. The van der Waals surface area contributed by atoms with E-state index in [1.54, 1.807) is 4.72 Å². The molecule has 0 fully saturated rings. The van der Waals surface area contributed by atoms with Crippen molar-refractivity contribution in [3.05, 3.63) is 59.2 Å². The molecule has 2 aromatic rings. The second kappa shape index (κ2) is 5.88. The minimum Gasteiger partial charge on any atom is -0.478 e. The first-order valence-corrected chi connectivity index (χ1v) is 7.31. The van der Waals surface area contributed by atoms with Crippen LogP contribution in [0, 0.1) is 23.3 Å². The maximum absolute atomic E-state index is 13.6. The number of benzene rings is 2. The van der Waals surface area contributed by atoms with Crippen molar-refractivity contribution in [3.63, 3.8) is 0 Å². The van der Waals surface area contributed by atoms with Crippen LogP contribution in [0.3, 0.4) is 0 Å². The third kappa shape index (κ3) is 3.11. The SMILES string of the molecule is O=C(O)c1c(F)cccc1NS(=O)(=O)c1ccc(F)c(F)c1F. The molecular formula is C13H7F4NO4S. The molecule has 0 heterocycles. The number of anilines is 1. The number of rotatable bonds is 4.